The lowest BCUT2D eigenvalue weighted by molar-refractivity contribution is -0.121. The third-order valence-corrected chi connectivity index (χ3v) is 7.42. The minimum atomic E-state index is -0.374. The van der Waals surface area contributed by atoms with Gasteiger partial charge in [0.05, 0.1) is 19.9 Å². The standard InChI is InChI=1S/C29H30FNO3/c1-17(18(2)32)29(21-8-9-21)22-10-11-27-23(12-22)13-24(16-34-27)19-4-6-20(7-5-19)25-14-28(33-3)31-15-26(25)30/h4-7,10-12,14-15,17,21,24,29H,8-9,13,16H2,1-3H3/t17-,24?,29+/m1/s1. The quantitative estimate of drug-likeness (QED) is 0.414. The Kier molecular flexibility index (Phi) is 6.11. The van der Waals surface area contributed by atoms with Crippen molar-refractivity contribution in [3.63, 3.8) is 0 Å². The molecule has 1 fully saturated rings. The molecule has 2 aliphatic rings. The normalized spacial score (nSPS) is 19.0. The van der Waals surface area contributed by atoms with Crippen LogP contribution in [0.1, 0.15) is 55.2 Å². The monoisotopic (exact) mass is 459 g/mol. The maximum atomic E-state index is 14.3. The van der Waals surface area contributed by atoms with E-state index in [1.165, 1.54) is 37.3 Å². The van der Waals surface area contributed by atoms with Crippen molar-refractivity contribution in [1.82, 2.24) is 4.98 Å². The Hall–Kier alpha value is -3.21. The van der Waals surface area contributed by atoms with E-state index in [2.05, 4.69) is 42.2 Å². The van der Waals surface area contributed by atoms with Gasteiger partial charge in [-0.15, -0.1) is 0 Å². The number of benzene rings is 2. The molecule has 176 valence electrons. The number of nitrogens with zero attached hydrogens (tertiary/aromatic N) is 1. The number of ketones is 1. The molecule has 5 rings (SSSR count). The molecule has 5 heteroatoms. The van der Waals surface area contributed by atoms with Crippen molar-refractivity contribution >= 4 is 5.78 Å². The lowest BCUT2D eigenvalue weighted by atomic mass is 9.80. The van der Waals surface area contributed by atoms with Gasteiger partial charge in [-0.1, -0.05) is 43.3 Å². The van der Waals surface area contributed by atoms with Crippen molar-refractivity contribution in [3.8, 4) is 22.8 Å². The molecule has 1 unspecified atom stereocenters. The molecule has 34 heavy (non-hydrogen) atoms. The molecule has 0 amide bonds. The van der Waals surface area contributed by atoms with Crippen LogP contribution in [0.25, 0.3) is 11.1 Å². The van der Waals surface area contributed by atoms with Crippen molar-refractivity contribution in [2.24, 2.45) is 11.8 Å². The van der Waals surface area contributed by atoms with Crippen molar-refractivity contribution in [2.75, 3.05) is 13.7 Å². The topological polar surface area (TPSA) is 48.4 Å². The number of hydrogen-bond donors (Lipinski definition) is 0. The van der Waals surface area contributed by atoms with E-state index in [0.29, 0.717) is 24.0 Å². The molecular weight excluding hydrogens is 429 g/mol. The molecule has 1 aromatic heterocycles. The summed E-state index contributed by atoms with van der Waals surface area (Å²) in [4.78, 5) is 16.1. The number of methoxy groups -OCH3 is 1. The molecule has 0 bridgehead atoms. The van der Waals surface area contributed by atoms with Gasteiger partial charge in [0.15, 0.2) is 0 Å². The molecule has 0 saturated heterocycles. The first-order chi connectivity index (χ1) is 16.4. The van der Waals surface area contributed by atoms with Gasteiger partial charge in [-0.2, -0.15) is 0 Å². The molecule has 0 N–H and O–H groups in total. The second-order valence-electron chi connectivity index (χ2n) is 9.67. The van der Waals surface area contributed by atoms with Crippen molar-refractivity contribution < 1.29 is 18.7 Å². The molecule has 2 aromatic carbocycles. The molecule has 0 radical (unpaired) electrons. The van der Waals surface area contributed by atoms with Crippen LogP contribution in [0, 0.1) is 17.7 Å². The van der Waals surface area contributed by atoms with Crippen LogP contribution in [0.4, 0.5) is 4.39 Å². The highest BCUT2D eigenvalue weighted by atomic mass is 19.1. The van der Waals surface area contributed by atoms with Crippen LogP contribution in [0.15, 0.2) is 54.7 Å². The molecule has 1 saturated carbocycles. The largest absolute Gasteiger partial charge is 0.493 e. The Labute approximate surface area is 200 Å². The summed E-state index contributed by atoms with van der Waals surface area (Å²) in [6, 6.07) is 16.1. The number of aromatic nitrogens is 1. The molecule has 1 aliphatic heterocycles. The van der Waals surface area contributed by atoms with Gasteiger partial charge in [-0.25, -0.2) is 9.37 Å². The van der Waals surface area contributed by atoms with Gasteiger partial charge in [0.2, 0.25) is 5.88 Å². The highest BCUT2D eigenvalue weighted by Crippen LogP contribution is 2.48. The van der Waals surface area contributed by atoms with Gasteiger partial charge >= 0.3 is 0 Å². The number of pyridine rings is 1. The van der Waals surface area contributed by atoms with Crippen LogP contribution in [0.2, 0.25) is 0 Å². The fourth-order valence-electron chi connectivity index (χ4n) is 5.20. The number of ether oxygens (including phenoxy) is 2. The zero-order valence-electron chi connectivity index (χ0n) is 19.9. The molecule has 1 aliphatic carbocycles. The second-order valence-corrected chi connectivity index (χ2v) is 9.67. The van der Waals surface area contributed by atoms with Gasteiger partial charge in [0, 0.05) is 23.5 Å². The fraction of sp³-hybridized carbons (Fsp3) is 0.379. The minimum absolute atomic E-state index is 0.0330. The zero-order valence-corrected chi connectivity index (χ0v) is 19.9. The van der Waals surface area contributed by atoms with E-state index in [0.717, 1.165) is 23.3 Å². The van der Waals surface area contributed by atoms with E-state index < -0.39 is 0 Å². The fourth-order valence-corrected chi connectivity index (χ4v) is 5.20. The average Bonchev–Trinajstić information content (AvgIpc) is 3.69. The molecule has 4 nitrogen and oxygen atoms in total. The molecular formula is C29H30FNO3. The second kappa shape index (κ2) is 9.21. The summed E-state index contributed by atoms with van der Waals surface area (Å²) in [6.45, 7) is 4.38. The predicted molar refractivity (Wildman–Crippen MR) is 130 cm³/mol. The van der Waals surface area contributed by atoms with Crippen LogP contribution >= 0.6 is 0 Å². The van der Waals surface area contributed by atoms with E-state index in [9.17, 15) is 9.18 Å². The first kappa shape index (κ1) is 22.6. The van der Waals surface area contributed by atoms with E-state index in [-0.39, 0.29) is 29.4 Å². The smallest absolute Gasteiger partial charge is 0.213 e. The third kappa shape index (κ3) is 4.44. The van der Waals surface area contributed by atoms with Crippen LogP contribution in [0.5, 0.6) is 11.6 Å². The van der Waals surface area contributed by atoms with Crippen LogP contribution in [-0.2, 0) is 11.2 Å². The molecule has 0 spiro atoms. The Morgan fingerprint density at radius 1 is 1.15 bits per heavy atom. The van der Waals surface area contributed by atoms with Gasteiger partial charge in [0.1, 0.15) is 17.3 Å². The van der Waals surface area contributed by atoms with E-state index in [4.69, 9.17) is 9.47 Å². The van der Waals surface area contributed by atoms with Crippen LogP contribution < -0.4 is 9.47 Å². The number of hydrogen-bond acceptors (Lipinski definition) is 4. The number of halogens is 1. The maximum absolute atomic E-state index is 14.3. The zero-order chi connectivity index (χ0) is 23.8. The summed E-state index contributed by atoms with van der Waals surface area (Å²) in [5.41, 5.74) is 4.87. The van der Waals surface area contributed by atoms with Crippen molar-refractivity contribution in [1.29, 1.82) is 0 Å². The van der Waals surface area contributed by atoms with Gasteiger partial charge in [-0.05, 0) is 66.3 Å². The molecule has 3 aromatic rings. The van der Waals surface area contributed by atoms with Crippen molar-refractivity contribution in [2.45, 2.75) is 44.9 Å². The van der Waals surface area contributed by atoms with Crippen LogP contribution in [-0.4, -0.2) is 24.5 Å². The minimum Gasteiger partial charge on any atom is -0.493 e. The van der Waals surface area contributed by atoms with E-state index in [1.807, 2.05) is 12.1 Å². The third-order valence-electron chi connectivity index (χ3n) is 7.42. The first-order valence-corrected chi connectivity index (χ1v) is 12.0. The predicted octanol–water partition coefficient (Wildman–Crippen LogP) is 6.33. The van der Waals surface area contributed by atoms with Crippen LogP contribution in [0.3, 0.4) is 0 Å². The first-order valence-electron chi connectivity index (χ1n) is 12.0. The average molecular weight is 460 g/mol. The number of Topliss-reactive ketones (excluding diaryl/α,β-unsaturated/α-hetero) is 1. The Bertz CT molecular complexity index is 1200. The maximum Gasteiger partial charge on any atom is 0.213 e. The summed E-state index contributed by atoms with van der Waals surface area (Å²) in [6.07, 6.45) is 4.48. The summed E-state index contributed by atoms with van der Waals surface area (Å²) < 4.78 is 25.6. The lowest BCUT2D eigenvalue weighted by Crippen LogP contribution is -2.21. The summed E-state index contributed by atoms with van der Waals surface area (Å²) in [5, 5.41) is 0. The number of fused-ring (bicyclic) bond motifs is 1. The van der Waals surface area contributed by atoms with Gasteiger partial charge < -0.3 is 9.47 Å². The number of carbonyl (C=O) groups is 1. The summed E-state index contributed by atoms with van der Waals surface area (Å²) in [7, 11) is 1.52. The number of rotatable bonds is 7. The highest BCUT2D eigenvalue weighted by molar-refractivity contribution is 5.79. The Morgan fingerprint density at radius 3 is 2.59 bits per heavy atom. The number of carbonyl (C=O) groups excluding carboxylic acids is 1. The summed E-state index contributed by atoms with van der Waals surface area (Å²) >= 11 is 0. The summed E-state index contributed by atoms with van der Waals surface area (Å²) in [5.74, 6) is 2.36. The Morgan fingerprint density at radius 2 is 1.91 bits per heavy atom. The lowest BCUT2D eigenvalue weighted by Gasteiger charge is -2.28. The van der Waals surface area contributed by atoms with Gasteiger partial charge in [-0.3, -0.25) is 4.79 Å². The van der Waals surface area contributed by atoms with Crippen molar-refractivity contribution in [3.05, 3.63) is 77.2 Å². The van der Waals surface area contributed by atoms with Gasteiger partial charge in [0.25, 0.3) is 0 Å². The highest BCUT2D eigenvalue weighted by Gasteiger charge is 2.38. The SMILES string of the molecule is COc1cc(-c2ccc(C3COc4ccc([C@H](C5CC5)[C@H](C)C(C)=O)cc4C3)cc2)c(F)cn1. The van der Waals surface area contributed by atoms with E-state index in [1.54, 1.807) is 13.0 Å². The molecule has 3 atom stereocenters. The van der Waals surface area contributed by atoms with E-state index >= 15 is 0 Å². The Balaban J connectivity index is 1.37. The molecule has 2 heterocycles.